The number of hydrogen-bond donors (Lipinski definition) is 1. The maximum Gasteiger partial charge on any atom is 0.338 e. The Labute approximate surface area is 138 Å². The Morgan fingerprint density at radius 1 is 1.17 bits per heavy atom. The van der Waals surface area contributed by atoms with Gasteiger partial charge >= 0.3 is 5.97 Å². The number of non-ortho nitro benzene ring substituents is 1. The molecule has 1 amide bonds. The van der Waals surface area contributed by atoms with E-state index in [1.165, 1.54) is 18.2 Å². The molecular formula is C17H16N2O5. The number of para-hydroxylation sites is 1. The van der Waals surface area contributed by atoms with Gasteiger partial charge in [0, 0.05) is 17.8 Å². The van der Waals surface area contributed by atoms with Crippen molar-refractivity contribution in [3.8, 4) is 0 Å². The van der Waals surface area contributed by atoms with Crippen molar-refractivity contribution in [2.45, 2.75) is 13.3 Å². The van der Waals surface area contributed by atoms with Gasteiger partial charge in [-0.1, -0.05) is 31.2 Å². The smallest absolute Gasteiger partial charge is 0.338 e. The van der Waals surface area contributed by atoms with Gasteiger partial charge in [0.25, 0.3) is 11.6 Å². The second kappa shape index (κ2) is 7.87. The average molecular weight is 328 g/mol. The molecule has 0 aromatic heterocycles. The van der Waals surface area contributed by atoms with Crippen LogP contribution < -0.4 is 5.32 Å². The average Bonchev–Trinajstić information content (AvgIpc) is 2.60. The Hall–Kier alpha value is -3.22. The predicted octanol–water partition coefficient (Wildman–Crippen LogP) is 2.95. The quantitative estimate of drug-likeness (QED) is 0.499. The van der Waals surface area contributed by atoms with E-state index in [4.69, 9.17) is 4.74 Å². The molecule has 124 valence electrons. The topological polar surface area (TPSA) is 98.5 Å². The summed E-state index contributed by atoms with van der Waals surface area (Å²) in [5.74, 6) is -1.27. The first kappa shape index (κ1) is 17.1. The van der Waals surface area contributed by atoms with Crippen LogP contribution in [0.15, 0.2) is 48.5 Å². The SMILES string of the molecule is CCc1ccccc1NC(=O)COC(=O)c1cccc([N+](=O)[O-])c1. The molecule has 0 aliphatic carbocycles. The summed E-state index contributed by atoms with van der Waals surface area (Å²) in [4.78, 5) is 33.9. The lowest BCUT2D eigenvalue weighted by atomic mass is 10.1. The number of ether oxygens (including phenoxy) is 1. The number of nitro groups is 1. The fourth-order valence-electron chi connectivity index (χ4n) is 2.10. The van der Waals surface area contributed by atoms with Gasteiger partial charge in [0.15, 0.2) is 6.61 Å². The van der Waals surface area contributed by atoms with Crippen LogP contribution in [0.25, 0.3) is 0 Å². The first-order valence-corrected chi connectivity index (χ1v) is 7.30. The van der Waals surface area contributed by atoms with E-state index in [-0.39, 0.29) is 11.3 Å². The van der Waals surface area contributed by atoms with Gasteiger partial charge in [-0.3, -0.25) is 14.9 Å². The molecule has 7 heteroatoms. The van der Waals surface area contributed by atoms with E-state index in [2.05, 4.69) is 5.32 Å². The molecule has 0 spiro atoms. The molecule has 2 aromatic rings. The Kier molecular flexibility index (Phi) is 5.62. The highest BCUT2D eigenvalue weighted by atomic mass is 16.6. The summed E-state index contributed by atoms with van der Waals surface area (Å²) in [6.45, 7) is 1.49. The number of carbonyl (C=O) groups excluding carboxylic acids is 2. The molecule has 0 unspecified atom stereocenters. The first-order valence-electron chi connectivity index (χ1n) is 7.30. The lowest BCUT2D eigenvalue weighted by Gasteiger charge is -2.10. The Bertz CT molecular complexity index is 773. The molecule has 0 bridgehead atoms. The molecule has 2 aromatic carbocycles. The summed E-state index contributed by atoms with van der Waals surface area (Å²) in [5, 5.41) is 13.4. The molecule has 0 heterocycles. The molecule has 24 heavy (non-hydrogen) atoms. The summed E-state index contributed by atoms with van der Waals surface area (Å²) in [7, 11) is 0. The minimum absolute atomic E-state index is 0.0194. The number of anilines is 1. The fourth-order valence-corrected chi connectivity index (χ4v) is 2.10. The number of nitrogens with one attached hydrogen (secondary N) is 1. The highest BCUT2D eigenvalue weighted by Gasteiger charge is 2.14. The monoisotopic (exact) mass is 328 g/mol. The molecule has 2 rings (SSSR count). The molecule has 0 fully saturated rings. The Morgan fingerprint density at radius 2 is 1.92 bits per heavy atom. The van der Waals surface area contributed by atoms with E-state index in [9.17, 15) is 19.7 Å². The normalized spacial score (nSPS) is 10.0. The Morgan fingerprint density at radius 3 is 2.62 bits per heavy atom. The third-order valence-electron chi connectivity index (χ3n) is 3.30. The second-order valence-corrected chi connectivity index (χ2v) is 4.94. The van der Waals surface area contributed by atoms with Crippen molar-refractivity contribution < 1.29 is 19.2 Å². The number of aryl methyl sites for hydroxylation is 1. The van der Waals surface area contributed by atoms with Crippen molar-refractivity contribution in [2.24, 2.45) is 0 Å². The molecule has 7 nitrogen and oxygen atoms in total. The number of rotatable bonds is 6. The summed E-state index contributed by atoms with van der Waals surface area (Å²) in [6, 6.07) is 12.5. The number of nitro benzene ring substituents is 1. The minimum atomic E-state index is -0.794. The van der Waals surface area contributed by atoms with Crippen molar-refractivity contribution in [3.63, 3.8) is 0 Å². The van der Waals surface area contributed by atoms with Crippen molar-refractivity contribution in [1.29, 1.82) is 0 Å². The number of hydrogen-bond acceptors (Lipinski definition) is 5. The Balaban J connectivity index is 1.95. The highest BCUT2D eigenvalue weighted by molar-refractivity contribution is 5.96. The van der Waals surface area contributed by atoms with Crippen LogP contribution in [0.4, 0.5) is 11.4 Å². The second-order valence-electron chi connectivity index (χ2n) is 4.94. The summed E-state index contributed by atoms with van der Waals surface area (Å²) in [5.41, 5.74) is 1.43. The molecule has 0 atom stereocenters. The lowest BCUT2D eigenvalue weighted by Crippen LogP contribution is -2.21. The number of carbonyl (C=O) groups is 2. The van der Waals surface area contributed by atoms with Crippen LogP contribution in [-0.2, 0) is 16.0 Å². The molecule has 0 radical (unpaired) electrons. The van der Waals surface area contributed by atoms with Gasteiger partial charge in [-0.2, -0.15) is 0 Å². The van der Waals surface area contributed by atoms with Crippen LogP contribution in [0.3, 0.4) is 0 Å². The van der Waals surface area contributed by atoms with Gasteiger partial charge in [-0.05, 0) is 24.1 Å². The lowest BCUT2D eigenvalue weighted by molar-refractivity contribution is -0.384. The van der Waals surface area contributed by atoms with Crippen LogP contribution in [-0.4, -0.2) is 23.4 Å². The van der Waals surface area contributed by atoms with Crippen LogP contribution >= 0.6 is 0 Å². The van der Waals surface area contributed by atoms with Crippen molar-refractivity contribution in [3.05, 3.63) is 69.8 Å². The summed E-state index contributed by atoms with van der Waals surface area (Å²) < 4.78 is 4.90. The summed E-state index contributed by atoms with van der Waals surface area (Å²) in [6.07, 6.45) is 0.754. The largest absolute Gasteiger partial charge is 0.452 e. The zero-order valence-electron chi connectivity index (χ0n) is 13.0. The van der Waals surface area contributed by atoms with E-state index in [0.717, 1.165) is 18.1 Å². The third-order valence-corrected chi connectivity index (χ3v) is 3.30. The standard InChI is InChI=1S/C17H16N2O5/c1-2-12-6-3-4-9-15(12)18-16(20)11-24-17(21)13-7-5-8-14(10-13)19(22)23/h3-10H,2,11H2,1H3,(H,18,20). The van der Waals surface area contributed by atoms with Crippen LogP contribution in [0, 0.1) is 10.1 Å². The number of esters is 1. The van der Waals surface area contributed by atoms with E-state index in [0.29, 0.717) is 5.69 Å². The van der Waals surface area contributed by atoms with Crippen LogP contribution in [0.5, 0.6) is 0 Å². The number of nitrogens with zero attached hydrogens (tertiary/aromatic N) is 1. The predicted molar refractivity (Wildman–Crippen MR) is 87.8 cm³/mol. The fraction of sp³-hybridized carbons (Fsp3) is 0.176. The number of benzene rings is 2. The molecule has 0 saturated carbocycles. The summed E-state index contributed by atoms with van der Waals surface area (Å²) >= 11 is 0. The molecule has 1 N–H and O–H groups in total. The van der Waals surface area contributed by atoms with Gasteiger partial charge in [0.2, 0.25) is 0 Å². The van der Waals surface area contributed by atoms with Gasteiger partial charge in [0.1, 0.15) is 0 Å². The zero-order chi connectivity index (χ0) is 17.5. The molecular weight excluding hydrogens is 312 g/mol. The first-order chi connectivity index (χ1) is 11.5. The zero-order valence-corrected chi connectivity index (χ0v) is 13.0. The van der Waals surface area contributed by atoms with E-state index < -0.39 is 23.4 Å². The number of amides is 1. The van der Waals surface area contributed by atoms with Gasteiger partial charge in [-0.15, -0.1) is 0 Å². The molecule has 0 aliphatic heterocycles. The van der Waals surface area contributed by atoms with E-state index >= 15 is 0 Å². The van der Waals surface area contributed by atoms with E-state index in [1.807, 2.05) is 19.1 Å². The van der Waals surface area contributed by atoms with Gasteiger partial charge in [0.05, 0.1) is 10.5 Å². The van der Waals surface area contributed by atoms with E-state index in [1.54, 1.807) is 12.1 Å². The van der Waals surface area contributed by atoms with Crippen molar-refractivity contribution in [1.82, 2.24) is 0 Å². The van der Waals surface area contributed by atoms with Gasteiger partial charge in [-0.25, -0.2) is 4.79 Å². The minimum Gasteiger partial charge on any atom is -0.452 e. The maximum absolute atomic E-state index is 11.9. The highest BCUT2D eigenvalue weighted by Crippen LogP contribution is 2.16. The van der Waals surface area contributed by atoms with Crippen molar-refractivity contribution >= 4 is 23.3 Å². The molecule has 0 aliphatic rings. The maximum atomic E-state index is 11.9. The third kappa shape index (κ3) is 4.39. The van der Waals surface area contributed by atoms with Crippen LogP contribution in [0.2, 0.25) is 0 Å². The van der Waals surface area contributed by atoms with Gasteiger partial charge < -0.3 is 10.1 Å². The van der Waals surface area contributed by atoms with Crippen molar-refractivity contribution in [2.75, 3.05) is 11.9 Å². The molecule has 0 saturated heterocycles. The van der Waals surface area contributed by atoms with Crippen LogP contribution in [0.1, 0.15) is 22.8 Å².